The molecule has 1 amide bonds. The lowest BCUT2D eigenvalue weighted by Crippen LogP contribution is -2.14. The van der Waals surface area contributed by atoms with Crippen LogP contribution in [0.2, 0.25) is 10.0 Å². The normalized spacial score (nSPS) is 10.6. The number of amides is 1. The third-order valence-electron chi connectivity index (χ3n) is 3.58. The van der Waals surface area contributed by atoms with E-state index in [0.29, 0.717) is 27.3 Å². The van der Waals surface area contributed by atoms with E-state index in [1.165, 1.54) is 11.8 Å². The van der Waals surface area contributed by atoms with E-state index in [4.69, 9.17) is 27.9 Å². The van der Waals surface area contributed by atoms with Crippen LogP contribution in [0.25, 0.3) is 0 Å². The minimum Gasteiger partial charge on any atom is -0.497 e. The molecule has 0 atom stereocenters. The van der Waals surface area contributed by atoms with Gasteiger partial charge in [0.1, 0.15) is 11.6 Å². The van der Waals surface area contributed by atoms with Crippen LogP contribution in [0, 0.1) is 0 Å². The number of aromatic amines is 1. The second kappa shape index (κ2) is 9.12. The van der Waals surface area contributed by atoms with E-state index >= 15 is 0 Å². The molecule has 9 heteroatoms. The van der Waals surface area contributed by atoms with E-state index in [1.807, 2.05) is 24.3 Å². The number of nitrogens with zero attached hydrogens (tertiary/aromatic N) is 2. The predicted octanol–water partition coefficient (Wildman–Crippen LogP) is 4.44. The van der Waals surface area contributed by atoms with Crippen molar-refractivity contribution < 1.29 is 9.53 Å². The second-order valence-electron chi connectivity index (χ2n) is 5.55. The van der Waals surface area contributed by atoms with E-state index in [2.05, 4.69) is 20.5 Å². The minimum absolute atomic E-state index is 0.165. The van der Waals surface area contributed by atoms with Crippen LogP contribution >= 0.6 is 35.0 Å². The number of methoxy groups -OCH3 is 1. The first-order valence-electron chi connectivity index (χ1n) is 7.95. The molecule has 2 N–H and O–H groups in total. The summed E-state index contributed by atoms with van der Waals surface area (Å²) in [5, 5.41) is 11.2. The number of benzene rings is 2. The summed E-state index contributed by atoms with van der Waals surface area (Å²) in [6.07, 6.45) is 0.615. The quantitative estimate of drug-likeness (QED) is 0.550. The second-order valence-corrected chi connectivity index (χ2v) is 7.34. The molecule has 0 saturated carbocycles. The standard InChI is InChI=1S/C18H16Cl2N4O2S/c1-26-13-5-2-11(3-6-13)8-16-22-18(24-23-16)27-10-17(25)21-15-7-4-12(19)9-14(15)20/h2-7,9H,8,10H2,1H3,(H,21,25)(H,22,23,24). The van der Waals surface area contributed by atoms with Crippen molar-refractivity contribution in [1.82, 2.24) is 15.2 Å². The van der Waals surface area contributed by atoms with Gasteiger partial charge in [-0.3, -0.25) is 9.89 Å². The Morgan fingerprint density at radius 1 is 1.22 bits per heavy atom. The van der Waals surface area contributed by atoms with Crippen molar-refractivity contribution in [2.45, 2.75) is 11.6 Å². The Bertz CT molecular complexity index is 931. The number of hydrogen-bond donors (Lipinski definition) is 2. The van der Waals surface area contributed by atoms with Crippen molar-refractivity contribution in [2.75, 3.05) is 18.2 Å². The number of anilines is 1. The predicted molar refractivity (Wildman–Crippen MR) is 108 cm³/mol. The SMILES string of the molecule is COc1ccc(Cc2nc(SCC(=O)Nc3ccc(Cl)cc3Cl)n[nH]2)cc1. The summed E-state index contributed by atoms with van der Waals surface area (Å²) in [6.45, 7) is 0. The number of nitrogens with one attached hydrogen (secondary N) is 2. The van der Waals surface area contributed by atoms with Crippen LogP contribution in [0.15, 0.2) is 47.6 Å². The maximum atomic E-state index is 12.1. The van der Waals surface area contributed by atoms with Gasteiger partial charge < -0.3 is 10.1 Å². The van der Waals surface area contributed by atoms with Crippen molar-refractivity contribution in [2.24, 2.45) is 0 Å². The third-order valence-corrected chi connectivity index (χ3v) is 4.97. The fourth-order valence-electron chi connectivity index (χ4n) is 2.27. The first-order valence-corrected chi connectivity index (χ1v) is 9.69. The first kappa shape index (κ1) is 19.5. The third kappa shape index (κ3) is 5.63. The van der Waals surface area contributed by atoms with Gasteiger partial charge in [0.15, 0.2) is 0 Å². The largest absolute Gasteiger partial charge is 0.497 e. The zero-order valence-electron chi connectivity index (χ0n) is 14.3. The average molecular weight is 423 g/mol. The summed E-state index contributed by atoms with van der Waals surface area (Å²) in [5.41, 5.74) is 1.60. The first-order chi connectivity index (χ1) is 13.0. The van der Waals surface area contributed by atoms with E-state index in [-0.39, 0.29) is 11.7 Å². The number of ether oxygens (including phenoxy) is 1. The van der Waals surface area contributed by atoms with Gasteiger partial charge in [0.2, 0.25) is 11.1 Å². The fraction of sp³-hybridized carbons (Fsp3) is 0.167. The van der Waals surface area contributed by atoms with Gasteiger partial charge in [-0.05, 0) is 35.9 Å². The van der Waals surface area contributed by atoms with Crippen molar-refractivity contribution in [3.05, 3.63) is 63.9 Å². The zero-order chi connectivity index (χ0) is 19.2. The number of thioether (sulfide) groups is 1. The Morgan fingerprint density at radius 3 is 2.70 bits per heavy atom. The zero-order valence-corrected chi connectivity index (χ0v) is 16.7. The van der Waals surface area contributed by atoms with Crippen LogP contribution in [-0.4, -0.2) is 34.0 Å². The Kier molecular flexibility index (Phi) is 6.60. The van der Waals surface area contributed by atoms with Crippen molar-refractivity contribution in [3.8, 4) is 5.75 Å². The lowest BCUT2D eigenvalue weighted by Gasteiger charge is -2.06. The number of aromatic nitrogens is 3. The topological polar surface area (TPSA) is 79.9 Å². The fourth-order valence-corrected chi connectivity index (χ4v) is 3.34. The van der Waals surface area contributed by atoms with Crippen LogP contribution in [-0.2, 0) is 11.2 Å². The van der Waals surface area contributed by atoms with Gasteiger partial charge in [-0.15, -0.1) is 5.10 Å². The number of halogens is 2. The summed E-state index contributed by atoms with van der Waals surface area (Å²) in [6, 6.07) is 12.6. The highest BCUT2D eigenvalue weighted by molar-refractivity contribution is 7.99. The summed E-state index contributed by atoms with van der Waals surface area (Å²) >= 11 is 13.1. The van der Waals surface area contributed by atoms with Gasteiger partial charge in [-0.25, -0.2) is 4.98 Å². The monoisotopic (exact) mass is 422 g/mol. The molecule has 1 aromatic heterocycles. The van der Waals surface area contributed by atoms with Crippen LogP contribution in [0.1, 0.15) is 11.4 Å². The molecular formula is C18H16Cl2N4O2S. The van der Waals surface area contributed by atoms with E-state index in [1.54, 1.807) is 25.3 Å². The molecule has 0 aliphatic carbocycles. The molecule has 0 saturated heterocycles. The number of carbonyl (C=O) groups excluding carboxylic acids is 1. The van der Waals surface area contributed by atoms with Crippen LogP contribution in [0.4, 0.5) is 5.69 Å². The number of carbonyl (C=O) groups is 1. The highest BCUT2D eigenvalue weighted by Crippen LogP contribution is 2.25. The number of H-pyrrole nitrogens is 1. The van der Waals surface area contributed by atoms with Crippen LogP contribution in [0.5, 0.6) is 5.75 Å². The van der Waals surface area contributed by atoms with E-state index in [9.17, 15) is 4.79 Å². The molecule has 6 nitrogen and oxygen atoms in total. The van der Waals surface area contributed by atoms with E-state index in [0.717, 1.165) is 17.1 Å². The van der Waals surface area contributed by atoms with E-state index < -0.39 is 0 Å². The number of hydrogen-bond acceptors (Lipinski definition) is 5. The maximum absolute atomic E-state index is 12.1. The van der Waals surface area contributed by atoms with Gasteiger partial charge >= 0.3 is 0 Å². The van der Waals surface area contributed by atoms with Crippen molar-refractivity contribution in [1.29, 1.82) is 0 Å². The van der Waals surface area contributed by atoms with Crippen LogP contribution in [0.3, 0.4) is 0 Å². The Labute approximate surface area is 170 Å². The maximum Gasteiger partial charge on any atom is 0.234 e. The molecule has 0 aliphatic heterocycles. The van der Waals surface area contributed by atoms with Crippen molar-refractivity contribution in [3.63, 3.8) is 0 Å². The Morgan fingerprint density at radius 2 is 2.00 bits per heavy atom. The molecule has 0 aliphatic rings. The summed E-state index contributed by atoms with van der Waals surface area (Å²) < 4.78 is 5.14. The smallest absolute Gasteiger partial charge is 0.234 e. The summed E-state index contributed by atoms with van der Waals surface area (Å²) in [7, 11) is 1.63. The molecule has 1 heterocycles. The summed E-state index contributed by atoms with van der Waals surface area (Å²) in [4.78, 5) is 16.5. The Balaban J connectivity index is 1.52. The number of rotatable bonds is 7. The van der Waals surface area contributed by atoms with Gasteiger partial charge in [-0.1, -0.05) is 47.1 Å². The van der Waals surface area contributed by atoms with Gasteiger partial charge in [0.25, 0.3) is 0 Å². The molecule has 0 radical (unpaired) electrons. The Hall–Kier alpha value is -2.22. The average Bonchev–Trinajstić information content (AvgIpc) is 3.10. The van der Waals surface area contributed by atoms with Crippen LogP contribution < -0.4 is 10.1 Å². The minimum atomic E-state index is -0.203. The summed E-state index contributed by atoms with van der Waals surface area (Å²) in [5.74, 6) is 1.49. The molecule has 0 fully saturated rings. The molecule has 27 heavy (non-hydrogen) atoms. The van der Waals surface area contributed by atoms with Gasteiger partial charge in [0, 0.05) is 11.4 Å². The van der Waals surface area contributed by atoms with Gasteiger partial charge in [0.05, 0.1) is 23.6 Å². The lowest BCUT2D eigenvalue weighted by atomic mass is 10.1. The molecule has 140 valence electrons. The highest BCUT2D eigenvalue weighted by Gasteiger charge is 2.10. The highest BCUT2D eigenvalue weighted by atomic mass is 35.5. The van der Waals surface area contributed by atoms with Crippen molar-refractivity contribution >= 4 is 46.6 Å². The molecule has 3 aromatic rings. The molecule has 0 unspecified atom stereocenters. The molecule has 2 aromatic carbocycles. The van der Waals surface area contributed by atoms with Gasteiger partial charge in [-0.2, -0.15) is 0 Å². The molecule has 0 bridgehead atoms. The molecular weight excluding hydrogens is 407 g/mol. The molecule has 0 spiro atoms. The molecule has 3 rings (SSSR count). The lowest BCUT2D eigenvalue weighted by molar-refractivity contribution is -0.113.